The van der Waals surface area contributed by atoms with Crippen molar-refractivity contribution >= 4 is 58.4 Å². The van der Waals surface area contributed by atoms with Gasteiger partial charge in [0, 0.05) is 47.4 Å². The molecule has 0 saturated heterocycles. The highest BCUT2D eigenvalue weighted by molar-refractivity contribution is 8.03. The summed E-state index contributed by atoms with van der Waals surface area (Å²) in [6, 6.07) is 22.4. The molecule has 0 fully saturated rings. The van der Waals surface area contributed by atoms with E-state index < -0.39 is 0 Å². The molecule has 0 amide bonds. The molecule has 0 saturated carbocycles. The summed E-state index contributed by atoms with van der Waals surface area (Å²) in [7, 11) is 4.89. The number of rotatable bonds is 19. The molecule has 0 radical (unpaired) electrons. The minimum atomic E-state index is 1.05. The monoisotopic (exact) mass is 538 g/mol. The summed E-state index contributed by atoms with van der Waals surface area (Å²) in [6.07, 6.45) is 6.94. The fourth-order valence-corrected chi connectivity index (χ4v) is 8.01. The minimum absolute atomic E-state index is 1.05. The third-order valence-electron chi connectivity index (χ3n) is 6.63. The molecule has 0 spiro atoms. The van der Waals surface area contributed by atoms with Crippen LogP contribution in [0.5, 0.6) is 0 Å². The van der Waals surface area contributed by atoms with Gasteiger partial charge in [0.2, 0.25) is 0 Å². The molecule has 2 rings (SSSR count). The second-order valence-electron chi connectivity index (χ2n) is 9.27. The Kier molecular flexibility index (Phi) is 15.2. The second kappa shape index (κ2) is 17.3. The molecule has 2 atom stereocenters. The summed E-state index contributed by atoms with van der Waals surface area (Å²) in [5, 5.41) is 0. The average molecular weight is 539 g/mol. The highest BCUT2D eigenvalue weighted by Gasteiger charge is 2.27. The Bertz CT molecular complexity index is 696. The number of thioether (sulfide) groups is 4. The molecule has 0 heterocycles. The Balaban J connectivity index is 1.95. The summed E-state index contributed by atoms with van der Waals surface area (Å²) in [5.74, 6) is 7.50. The zero-order chi connectivity index (χ0) is 24.5. The molecule has 2 nitrogen and oxygen atoms in total. The average Bonchev–Trinajstić information content (AvgIpc) is 2.87. The second-order valence-corrected chi connectivity index (χ2v) is 13.7. The van der Waals surface area contributed by atoms with Crippen molar-refractivity contribution in [1.82, 2.24) is 8.97 Å². The lowest BCUT2D eigenvalue weighted by Crippen LogP contribution is -2.49. The van der Waals surface area contributed by atoms with E-state index >= 15 is 0 Å². The van der Waals surface area contributed by atoms with E-state index in [-0.39, 0.29) is 0 Å². The van der Waals surface area contributed by atoms with Crippen molar-refractivity contribution in [3.05, 3.63) is 60.7 Å². The van der Waals surface area contributed by atoms with Crippen LogP contribution >= 0.6 is 47.0 Å². The van der Waals surface area contributed by atoms with Gasteiger partial charge >= 0.3 is 0 Å². The molecule has 0 aliphatic carbocycles. The minimum Gasteiger partial charge on any atom is -0.293 e. The van der Waals surface area contributed by atoms with Crippen LogP contribution in [-0.2, 0) is 0 Å². The summed E-state index contributed by atoms with van der Waals surface area (Å²) >= 11 is 8.13. The van der Waals surface area contributed by atoms with Gasteiger partial charge < -0.3 is 0 Å². The molecular formula is C28H46N2S4+2. The van der Waals surface area contributed by atoms with Crippen LogP contribution in [-0.4, -0.2) is 87.3 Å². The molecule has 34 heavy (non-hydrogen) atoms. The molecule has 0 N–H and O–H groups in total. The number of benzene rings is 2. The van der Waals surface area contributed by atoms with Crippen molar-refractivity contribution in [2.24, 2.45) is 0 Å². The zero-order valence-electron chi connectivity index (χ0n) is 21.8. The number of unbranched alkanes of at least 4 members (excludes halogenated alkanes) is 1. The van der Waals surface area contributed by atoms with Crippen LogP contribution in [0.3, 0.4) is 0 Å². The first-order valence-electron chi connectivity index (χ1n) is 12.5. The van der Waals surface area contributed by atoms with Crippen LogP contribution in [0.15, 0.2) is 60.7 Å². The van der Waals surface area contributed by atoms with Crippen molar-refractivity contribution in [3.8, 4) is 0 Å². The topological polar surface area (TPSA) is 0 Å². The Morgan fingerprint density at radius 3 is 1.24 bits per heavy atom. The van der Waals surface area contributed by atoms with Crippen LogP contribution in [0.4, 0.5) is 11.4 Å². The lowest BCUT2D eigenvalue weighted by molar-refractivity contribution is 0.306. The fraction of sp³-hybridized carbons (Fsp3) is 0.571. The molecule has 0 aliphatic heterocycles. The zero-order valence-corrected chi connectivity index (χ0v) is 25.1. The van der Waals surface area contributed by atoms with Gasteiger partial charge in [-0.25, -0.2) is 0 Å². The van der Waals surface area contributed by atoms with E-state index in [2.05, 4.69) is 111 Å². The standard InChI is InChI=1S/C28H46N2S4/c1-29(19-21-33-25-23-31-3,27-13-7-5-8-14-27)17-11-12-18-30(2,20-22-34-26-24-32-4)28-15-9-6-10-16-28/h5-10,13-16H,11-12,17-26H2,1-4H3/q+2. The largest absolute Gasteiger partial charge is 0.293 e. The van der Waals surface area contributed by atoms with Gasteiger partial charge in [-0.1, -0.05) is 36.4 Å². The Hall–Kier alpha value is -0.240. The van der Waals surface area contributed by atoms with Crippen LogP contribution in [0.25, 0.3) is 0 Å². The van der Waals surface area contributed by atoms with Crippen molar-refractivity contribution < 1.29 is 0 Å². The maximum Gasteiger partial charge on any atom is 0.132 e. The SMILES string of the molecule is CSCCSCC[N+](C)(CCCC[N+](C)(CCSCCSC)c1ccccc1)c1ccccc1. The molecule has 0 aliphatic rings. The normalized spacial score (nSPS) is 15.1. The van der Waals surface area contributed by atoms with Gasteiger partial charge in [0.25, 0.3) is 0 Å². The van der Waals surface area contributed by atoms with E-state index in [0.29, 0.717) is 0 Å². The van der Waals surface area contributed by atoms with Gasteiger partial charge in [-0.05, 0) is 36.8 Å². The summed E-state index contributed by atoms with van der Waals surface area (Å²) in [4.78, 5) is 0. The lowest BCUT2D eigenvalue weighted by Gasteiger charge is -2.36. The van der Waals surface area contributed by atoms with Crippen LogP contribution < -0.4 is 8.97 Å². The smallest absolute Gasteiger partial charge is 0.132 e. The third-order valence-corrected chi connectivity index (χ3v) is 10.3. The summed E-state index contributed by atoms with van der Waals surface area (Å²) in [5.41, 5.74) is 2.91. The highest BCUT2D eigenvalue weighted by atomic mass is 32.2. The number of hydrogen-bond donors (Lipinski definition) is 0. The Morgan fingerprint density at radius 1 is 0.500 bits per heavy atom. The molecule has 6 heteroatoms. The van der Waals surface area contributed by atoms with Crippen LogP contribution in [0.1, 0.15) is 12.8 Å². The lowest BCUT2D eigenvalue weighted by atomic mass is 10.1. The van der Waals surface area contributed by atoms with E-state index in [1.54, 1.807) is 0 Å². The van der Waals surface area contributed by atoms with Gasteiger partial charge in [0.1, 0.15) is 11.4 Å². The van der Waals surface area contributed by atoms with Crippen molar-refractivity contribution in [3.63, 3.8) is 0 Å². The third kappa shape index (κ3) is 10.8. The van der Waals surface area contributed by atoms with Gasteiger partial charge in [-0.3, -0.25) is 8.97 Å². The maximum atomic E-state index is 2.44. The summed E-state index contributed by atoms with van der Waals surface area (Å²) < 4.78 is 2.10. The fourth-order valence-electron chi connectivity index (χ4n) is 4.26. The highest BCUT2D eigenvalue weighted by Crippen LogP contribution is 2.25. The molecule has 0 bridgehead atoms. The van der Waals surface area contributed by atoms with E-state index in [4.69, 9.17) is 0 Å². The predicted molar refractivity (Wildman–Crippen MR) is 168 cm³/mol. The Labute approximate surface area is 227 Å². The van der Waals surface area contributed by atoms with Gasteiger partial charge in [0.05, 0.1) is 40.3 Å². The van der Waals surface area contributed by atoms with Gasteiger partial charge in [-0.15, -0.1) is 0 Å². The van der Waals surface area contributed by atoms with Crippen molar-refractivity contribution in [2.45, 2.75) is 12.8 Å². The van der Waals surface area contributed by atoms with Crippen LogP contribution in [0.2, 0.25) is 0 Å². The predicted octanol–water partition coefficient (Wildman–Crippen LogP) is 7.23. The van der Waals surface area contributed by atoms with Gasteiger partial charge in [0.15, 0.2) is 0 Å². The molecule has 2 aromatic carbocycles. The number of para-hydroxylation sites is 2. The molecular weight excluding hydrogens is 493 g/mol. The molecule has 2 aromatic rings. The first kappa shape index (κ1) is 30.0. The van der Waals surface area contributed by atoms with Crippen LogP contribution in [0, 0.1) is 0 Å². The number of hydrogen-bond acceptors (Lipinski definition) is 4. The van der Waals surface area contributed by atoms with E-state index in [1.165, 1.54) is 84.9 Å². The van der Waals surface area contributed by atoms with E-state index in [1.807, 2.05) is 23.5 Å². The molecule has 0 aromatic heterocycles. The molecule has 190 valence electrons. The summed E-state index contributed by atoms with van der Waals surface area (Å²) in [6.45, 7) is 4.84. The maximum absolute atomic E-state index is 2.44. The van der Waals surface area contributed by atoms with Gasteiger partial charge in [-0.2, -0.15) is 47.0 Å². The first-order chi connectivity index (χ1) is 16.5. The van der Waals surface area contributed by atoms with Crippen molar-refractivity contribution in [1.29, 1.82) is 0 Å². The first-order valence-corrected chi connectivity index (χ1v) is 17.6. The number of quaternary nitrogens is 2. The van der Waals surface area contributed by atoms with E-state index in [9.17, 15) is 0 Å². The molecule has 2 unspecified atom stereocenters. The Morgan fingerprint density at radius 2 is 0.882 bits per heavy atom. The quantitative estimate of drug-likeness (QED) is 0.137. The van der Waals surface area contributed by atoms with Crippen molar-refractivity contribution in [2.75, 3.05) is 87.3 Å². The van der Waals surface area contributed by atoms with E-state index in [0.717, 1.165) is 8.97 Å². The number of nitrogens with zero attached hydrogens (tertiary/aromatic N) is 2.